The molecule has 0 aliphatic carbocycles. The number of phenolic OH excluding ortho intramolecular Hbond substituents is 1. The summed E-state index contributed by atoms with van der Waals surface area (Å²) in [6.45, 7) is 0. The minimum Gasteiger partial charge on any atom is -0.504 e. The van der Waals surface area contributed by atoms with Gasteiger partial charge in [0.05, 0.1) is 17.3 Å². The molecule has 1 N–H and O–H groups in total. The number of fused-ring (bicyclic) bond motifs is 1. The predicted octanol–water partition coefficient (Wildman–Crippen LogP) is 3.76. The summed E-state index contributed by atoms with van der Waals surface area (Å²) in [7, 11) is 1.52. The minimum atomic E-state index is 0.0832. The third kappa shape index (κ3) is 2.35. The molecule has 0 atom stereocenters. The van der Waals surface area contributed by atoms with Crippen LogP contribution in [0, 0.1) is 0 Å². The van der Waals surface area contributed by atoms with Gasteiger partial charge in [-0.3, -0.25) is 0 Å². The zero-order valence-corrected chi connectivity index (χ0v) is 11.6. The quantitative estimate of drug-likeness (QED) is 0.745. The highest BCUT2D eigenvalue weighted by atomic mass is 32.1. The minimum absolute atomic E-state index is 0.0832. The fourth-order valence-corrected chi connectivity index (χ4v) is 2.66. The summed E-state index contributed by atoms with van der Waals surface area (Å²) < 4.78 is 6.15. The lowest BCUT2D eigenvalue weighted by molar-refractivity contribution is 0.373. The van der Waals surface area contributed by atoms with E-state index in [-0.39, 0.29) is 5.75 Å². The predicted molar refractivity (Wildman–Crippen MR) is 81.5 cm³/mol. The van der Waals surface area contributed by atoms with Crippen LogP contribution in [0.1, 0.15) is 5.56 Å². The second kappa shape index (κ2) is 5.30. The molecule has 0 aliphatic rings. The molecule has 0 fully saturated rings. The van der Waals surface area contributed by atoms with Crippen LogP contribution in [0.2, 0.25) is 0 Å². The molecule has 0 radical (unpaired) electrons. The van der Waals surface area contributed by atoms with Crippen LogP contribution in [-0.4, -0.2) is 23.4 Å². The monoisotopic (exact) mass is 284 g/mol. The molecule has 0 bridgehead atoms. The Kier molecular flexibility index (Phi) is 3.35. The van der Waals surface area contributed by atoms with Gasteiger partial charge in [-0.05, 0) is 24.3 Å². The van der Waals surface area contributed by atoms with Gasteiger partial charge < -0.3 is 9.84 Å². The Balaban J connectivity index is 1.94. The normalized spacial score (nSPS) is 11.2. The van der Waals surface area contributed by atoms with Crippen LogP contribution in [0.3, 0.4) is 0 Å². The number of hydrogen-bond acceptors (Lipinski definition) is 5. The number of thiazole rings is 1. The highest BCUT2D eigenvalue weighted by molar-refractivity contribution is 7.22. The lowest BCUT2D eigenvalue weighted by Gasteiger charge is -2.04. The summed E-state index contributed by atoms with van der Waals surface area (Å²) in [5.74, 6) is 0.512. The third-order valence-corrected chi connectivity index (χ3v) is 3.79. The van der Waals surface area contributed by atoms with Crippen molar-refractivity contribution in [3.63, 3.8) is 0 Å². The fraction of sp³-hybridized carbons (Fsp3) is 0.0667. The number of aliphatic imine (C=N–C) groups is 1. The number of rotatable bonds is 3. The van der Waals surface area contributed by atoms with Crippen LogP contribution in [0.5, 0.6) is 11.5 Å². The second-order valence-electron chi connectivity index (χ2n) is 4.12. The largest absolute Gasteiger partial charge is 0.504 e. The number of nitrogens with zero attached hydrogens (tertiary/aromatic N) is 2. The van der Waals surface area contributed by atoms with E-state index in [9.17, 15) is 5.11 Å². The number of hydrogen-bond donors (Lipinski definition) is 1. The molecule has 1 aromatic heterocycles. The summed E-state index contributed by atoms with van der Waals surface area (Å²) in [6, 6.07) is 13.2. The molecule has 0 saturated heterocycles. The average molecular weight is 284 g/mol. The van der Waals surface area contributed by atoms with E-state index in [1.165, 1.54) is 18.4 Å². The van der Waals surface area contributed by atoms with Crippen molar-refractivity contribution in [2.24, 2.45) is 4.99 Å². The molecule has 20 heavy (non-hydrogen) atoms. The third-order valence-electron chi connectivity index (χ3n) is 2.85. The number of para-hydroxylation sites is 2. The molecular weight excluding hydrogens is 272 g/mol. The van der Waals surface area contributed by atoms with Crippen LogP contribution < -0.4 is 4.74 Å². The molecule has 0 unspecified atom stereocenters. The Hall–Kier alpha value is -2.40. The first-order valence-corrected chi connectivity index (χ1v) is 6.85. The van der Waals surface area contributed by atoms with Crippen LogP contribution in [0.4, 0.5) is 5.13 Å². The van der Waals surface area contributed by atoms with Gasteiger partial charge in [-0.2, -0.15) is 0 Å². The van der Waals surface area contributed by atoms with Gasteiger partial charge in [0.15, 0.2) is 11.5 Å². The summed E-state index contributed by atoms with van der Waals surface area (Å²) in [5, 5.41) is 10.6. The van der Waals surface area contributed by atoms with Gasteiger partial charge in [0, 0.05) is 11.8 Å². The van der Waals surface area contributed by atoms with E-state index < -0.39 is 0 Å². The Morgan fingerprint density at radius 2 is 2.05 bits per heavy atom. The van der Waals surface area contributed by atoms with Crippen molar-refractivity contribution in [2.45, 2.75) is 0 Å². The number of ether oxygens (including phenoxy) is 1. The van der Waals surface area contributed by atoms with E-state index in [4.69, 9.17) is 4.74 Å². The Bertz CT molecular complexity index is 747. The zero-order chi connectivity index (χ0) is 13.9. The van der Waals surface area contributed by atoms with Gasteiger partial charge in [-0.15, -0.1) is 0 Å². The van der Waals surface area contributed by atoms with Crippen molar-refractivity contribution in [1.82, 2.24) is 4.98 Å². The summed E-state index contributed by atoms with van der Waals surface area (Å²) in [4.78, 5) is 8.72. The van der Waals surface area contributed by atoms with E-state index in [2.05, 4.69) is 9.98 Å². The van der Waals surface area contributed by atoms with Crippen molar-refractivity contribution >= 4 is 32.9 Å². The lowest BCUT2D eigenvalue weighted by atomic mass is 10.2. The molecule has 3 aromatic rings. The first-order chi connectivity index (χ1) is 9.78. The van der Waals surface area contributed by atoms with E-state index in [0.717, 1.165) is 10.2 Å². The molecule has 0 amide bonds. The van der Waals surface area contributed by atoms with Gasteiger partial charge in [0.1, 0.15) is 0 Å². The summed E-state index contributed by atoms with van der Waals surface area (Å²) in [5.41, 5.74) is 1.53. The second-order valence-corrected chi connectivity index (χ2v) is 5.13. The van der Waals surface area contributed by atoms with E-state index in [1.54, 1.807) is 24.4 Å². The number of aromatic hydroxyl groups is 1. The molecule has 2 aromatic carbocycles. The molecule has 3 rings (SSSR count). The first kappa shape index (κ1) is 12.6. The highest BCUT2D eigenvalue weighted by Gasteiger charge is 2.05. The number of methoxy groups -OCH3 is 1. The van der Waals surface area contributed by atoms with E-state index in [1.807, 2.05) is 24.3 Å². The van der Waals surface area contributed by atoms with Crippen LogP contribution in [0.15, 0.2) is 47.5 Å². The van der Waals surface area contributed by atoms with Crippen molar-refractivity contribution in [1.29, 1.82) is 0 Å². The Morgan fingerprint density at radius 3 is 2.85 bits per heavy atom. The standard InChI is InChI=1S/C15H12N2O2S/c1-19-12-7-4-5-10(14(12)18)9-16-15-17-11-6-2-3-8-13(11)20-15/h2-9,18H,1H3/b16-9+. The first-order valence-electron chi connectivity index (χ1n) is 6.03. The van der Waals surface area contributed by atoms with Gasteiger partial charge in [-0.25, -0.2) is 9.98 Å². The van der Waals surface area contributed by atoms with Crippen LogP contribution in [0.25, 0.3) is 10.2 Å². The molecular formula is C15H12N2O2S. The lowest BCUT2D eigenvalue weighted by Crippen LogP contribution is -1.87. The molecule has 100 valence electrons. The zero-order valence-electron chi connectivity index (χ0n) is 10.8. The van der Waals surface area contributed by atoms with E-state index in [0.29, 0.717) is 16.4 Å². The van der Waals surface area contributed by atoms with Crippen molar-refractivity contribution in [2.75, 3.05) is 7.11 Å². The maximum Gasteiger partial charge on any atom is 0.210 e. The Morgan fingerprint density at radius 1 is 1.20 bits per heavy atom. The van der Waals surface area contributed by atoms with Crippen molar-refractivity contribution in [3.05, 3.63) is 48.0 Å². The molecule has 4 nitrogen and oxygen atoms in total. The molecule has 0 aliphatic heterocycles. The fourth-order valence-electron chi connectivity index (χ4n) is 1.85. The van der Waals surface area contributed by atoms with Gasteiger partial charge in [-0.1, -0.05) is 29.5 Å². The number of benzene rings is 2. The molecule has 5 heteroatoms. The van der Waals surface area contributed by atoms with E-state index >= 15 is 0 Å². The summed E-state index contributed by atoms with van der Waals surface area (Å²) in [6.07, 6.45) is 1.59. The van der Waals surface area contributed by atoms with Gasteiger partial charge in [0.2, 0.25) is 5.13 Å². The average Bonchev–Trinajstić information content (AvgIpc) is 2.89. The Labute approximate surface area is 120 Å². The van der Waals surface area contributed by atoms with Crippen LogP contribution in [-0.2, 0) is 0 Å². The number of phenols is 1. The maximum atomic E-state index is 9.97. The maximum absolute atomic E-state index is 9.97. The van der Waals surface area contributed by atoms with Crippen molar-refractivity contribution in [3.8, 4) is 11.5 Å². The molecule has 1 heterocycles. The van der Waals surface area contributed by atoms with Gasteiger partial charge in [0.25, 0.3) is 0 Å². The SMILES string of the molecule is COc1cccc(/C=N/c2nc3ccccc3s2)c1O. The molecule has 0 saturated carbocycles. The number of aromatic nitrogens is 1. The van der Waals surface area contributed by atoms with Crippen LogP contribution >= 0.6 is 11.3 Å². The van der Waals surface area contributed by atoms with Gasteiger partial charge >= 0.3 is 0 Å². The smallest absolute Gasteiger partial charge is 0.210 e. The highest BCUT2D eigenvalue weighted by Crippen LogP contribution is 2.30. The summed E-state index contributed by atoms with van der Waals surface area (Å²) >= 11 is 1.51. The van der Waals surface area contributed by atoms with Crippen molar-refractivity contribution < 1.29 is 9.84 Å². The topological polar surface area (TPSA) is 54.7 Å². The molecule has 0 spiro atoms.